The number of likely N-dealkylation sites (tertiary alicyclic amines) is 1. The fourth-order valence-electron chi connectivity index (χ4n) is 9.31. The van der Waals surface area contributed by atoms with Crippen molar-refractivity contribution in [3.05, 3.63) is 59.2 Å². The maximum Gasteiger partial charge on any atom is 0.222 e. The number of piperidine rings is 1. The van der Waals surface area contributed by atoms with Crippen LogP contribution in [0.3, 0.4) is 0 Å². The molecule has 44 heavy (non-hydrogen) atoms. The van der Waals surface area contributed by atoms with Crippen molar-refractivity contribution in [1.29, 1.82) is 0 Å². The molecule has 2 aromatic rings. The van der Waals surface area contributed by atoms with Gasteiger partial charge in [-0.15, -0.1) is 0 Å². The smallest absolute Gasteiger partial charge is 0.222 e. The van der Waals surface area contributed by atoms with Crippen LogP contribution >= 0.6 is 0 Å². The fourth-order valence-corrected chi connectivity index (χ4v) is 9.31. The van der Waals surface area contributed by atoms with Crippen molar-refractivity contribution in [3.63, 3.8) is 0 Å². The van der Waals surface area contributed by atoms with Crippen molar-refractivity contribution in [2.24, 2.45) is 17.8 Å². The molecule has 7 rings (SSSR count). The predicted octanol–water partition coefficient (Wildman–Crippen LogP) is 5.41. The predicted molar refractivity (Wildman–Crippen MR) is 169 cm³/mol. The van der Waals surface area contributed by atoms with E-state index >= 15 is 0 Å². The summed E-state index contributed by atoms with van der Waals surface area (Å²) in [6.07, 6.45) is 7.07. The molecule has 1 amide bonds. The third-order valence-electron chi connectivity index (χ3n) is 11.4. The number of amides is 1. The molecule has 7 heteroatoms. The quantitative estimate of drug-likeness (QED) is 0.259. The van der Waals surface area contributed by atoms with E-state index in [1.807, 2.05) is 30.3 Å². The molecule has 7 atom stereocenters. The van der Waals surface area contributed by atoms with E-state index in [0.717, 1.165) is 62.3 Å². The molecule has 1 saturated heterocycles. The minimum Gasteiger partial charge on any atom is -0.493 e. The van der Waals surface area contributed by atoms with Crippen molar-refractivity contribution >= 4 is 11.7 Å². The summed E-state index contributed by atoms with van der Waals surface area (Å²) in [5.41, 5.74) is 3.35. The normalized spacial score (nSPS) is 31.3. The monoisotopic (exact) mass is 600 g/mol. The number of ether oxygens (including phenoxy) is 2. The summed E-state index contributed by atoms with van der Waals surface area (Å²) in [4.78, 5) is 31.5. The van der Waals surface area contributed by atoms with Crippen LogP contribution in [0.25, 0.3) is 0 Å². The van der Waals surface area contributed by atoms with E-state index in [2.05, 4.69) is 35.8 Å². The highest BCUT2D eigenvalue weighted by Gasteiger charge is 2.67. The first kappa shape index (κ1) is 29.8. The molecule has 1 N–H and O–H groups in total. The summed E-state index contributed by atoms with van der Waals surface area (Å²) in [6, 6.07) is 14.2. The Balaban J connectivity index is 1.13. The highest BCUT2D eigenvalue weighted by molar-refractivity contribution is 5.95. The molecule has 2 bridgehead atoms. The number of rotatable bonds is 12. The third kappa shape index (κ3) is 5.04. The van der Waals surface area contributed by atoms with Crippen LogP contribution in [0.4, 0.5) is 0 Å². The van der Waals surface area contributed by atoms with E-state index in [-0.39, 0.29) is 35.4 Å². The molecule has 236 valence electrons. The average Bonchev–Trinajstić information content (AvgIpc) is 3.61. The van der Waals surface area contributed by atoms with Gasteiger partial charge in [0, 0.05) is 54.4 Å². The Morgan fingerprint density at radius 2 is 1.89 bits per heavy atom. The van der Waals surface area contributed by atoms with Crippen LogP contribution in [-0.2, 0) is 16.6 Å². The van der Waals surface area contributed by atoms with Gasteiger partial charge in [0.1, 0.15) is 6.10 Å². The summed E-state index contributed by atoms with van der Waals surface area (Å²) >= 11 is 0. The molecule has 0 radical (unpaired) electrons. The Morgan fingerprint density at radius 3 is 2.61 bits per heavy atom. The molecule has 2 aliphatic heterocycles. The summed E-state index contributed by atoms with van der Waals surface area (Å²) in [5.74, 6) is 3.26. The topological polar surface area (TPSA) is 79.3 Å². The van der Waals surface area contributed by atoms with Gasteiger partial charge >= 0.3 is 0 Å². The number of benzene rings is 2. The Hall–Kier alpha value is -2.90. The SMILES string of the molecule is COc1ccc2c3c1O[C@H]1[C@@H](N(CC(C)C)C(=O)CCCCC(=O)c4ccccc4)CC[C@H]4[C@@H](C2)N(CC2CC2O)CC[C@@]341. The van der Waals surface area contributed by atoms with Gasteiger partial charge in [-0.25, -0.2) is 0 Å². The van der Waals surface area contributed by atoms with Crippen molar-refractivity contribution < 1.29 is 24.2 Å². The van der Waals surface area contributed by atoms with Gasteiger partial charge in [-0.05, 0) is 75.0 Å². The number of carbonyl (C=O) groups is 2. The van der Waals surface area contributed by atoms with Gasteiger partial charge in [0.05, 0.1) is 19.3 Å². The largest absolute Gasteiger partial charge is 0.493 e. The highest BCUT2D eigenvalue weighted by atomic mass is 16.5. The molecular weight excluding hydrogens is 552 g/mol. The van der Waals surface area contributed by atoms with Gasteiger partial charge in [-0.1, -0.05) is 50.2 Å². The summed E-state index contributed by atoms with van der Waals surface area (Å²) < 4.78 is 12.9. The minimum atomic E-state index is -0.136. The second-order valence-corrected chi connectivity index (χ2v) is 14.5. The Kier molecular flexibility index (Phi) is 7.98. The first-order valence-corrected chi connectivity index (χ1v) is 17.0. The molecule has 2 unspecified atom stereocenters. The average molecular weight is 601 g/mol. The standard InChI is InChI=1S/C37H48N2O5/c1-23(2)21-39(33(42)12-8-7-11-30(40)24-9-5-4-6-10-24)28-15-14-27-29-19-25-13-16-32(43-3)35-34(25)37(27,36(28)44-35)17-18-38(29)22-26-20-31(26)41/h4-6,9-10,13,16,23,26-29,31,36,41H,7-8,11-12,14-15,17-22H2,1-3H3/t26?,27-,28-,29+,31?,36-,37-/m0/s1. The number of hydrogen-bond donors (Lipinski definition) is 1. The second-order valence-electron chi connectivity index (χ2n) is 14.5. The van der Waals surface area contributed by atoms with Gasteiger partial charge in [-0.2, -0.15) is 0 Å². The van der Waals surface area contributed by atoms with Crippen LogP contribution in [0.1, 0.15) is 86.7 Å². The van der Waals surface area contributed by atoms with E-state index in [1.165, 1.54) is 11.1 Å². The van der Waals surface area contributed by atoms with Crippen LogP contribution in [0.2, 0.25) is 0 Å². The molecule has 7 nitrogen and oxygen atoms in total. The van der Waals surface area contributed by atoms with Gasteiger partial charge in [0.25, 0.3) is 0 Å². The van der Waals surface area contributed by atoms with E-state index < -0.39 is 0 Å². The van der Waals surface area contributed by atoms with Crippen LogP contribution < -0.4 is 9.47 Å². The number of aliphatic hydroxyl groups is 1. The second kappa shape index (κ2) is 11.8. The minimum absolute atomic E-state index is 0.00705. The molecule has 2 saturated carbocycles. The molecule has 3 aliphatic carbocycles. The molecular formula is C37H48N2O5. The number of Topliss-reactive ketones (excluding diaryl/α,β-unsaturated/α-hetero) is 1. The Labute approximate surface area is 261 Å². The summed E-state index contributed by atoms with van der Waals surface area (Å²) in [7, 11) is 1.72. The van der Waals surface area contributed by atoms with Gasteiger partial charge < -0.3 is 19.5 Å². The molecule has 1 spiro atoms. The zero-order valence-corrected chi connectivity index (χ0v) is 26.5. The number of hydrogen-bond acceptors (Lipinski definition) is 6. The van der Waals surface area contributed by atoms with E-state index in [4.69, 9.17) is 9.47 Å². The summed E-state index contributed by atoms with van der Waals surface area (Å²) in [6.45, 7) is 7.07. The molecule has 5 aliphatic rings. The van der Waals surface area contributed by atoms with Crippen molar-refractivity contribution in [3.8, 4) is 11.5 Å². The maximum atomic E-state index is 14.1. The van der Waals surface area contributed by atoms with E-state index in [1.54, 1.807) is 7.11 Å². The van der Waals surface area contributed by atoms with Crippen molar-refractivity contribution in [2.75, 3.05) is 26.7 Å². The maximum absolute atomic E-state index is 14.1. The van der Waals surface area contributed by atoms with Crippen LogP contribution in [0.15, 0.2) is 42.5 Å². The first-order valence-electron chi connectivity index (χ1n) is 17.0. The van der Waals surface area contributed by atoms with Crippen LogP contribution in [-0.4, -0.2) is 77.6 Å². The van der Waals surface area contributed by atoms with E-state index in [9.17, 15) is 14.7 Å². The lowest BCUT2D eigenvalue weighted by atomic mass is 9.51. The van der Waals surface area contributed by atoms with Gasteiger partial charge in [0.2, 0.25) is 5.91 Å². The zero-order chi connectivity index (χ0) is 30.6. The number of ketones is 1. The zero-order valence-electron chi connectivity index (χ0n) is 26.5. The number of unbranched alkanes of at least 4 members (excludes halogenated alkanes) is 1. The number of nitrogens with zero attached hydrogens (tertiary/aromatic N) is 2. The number of carbonyl (C=O) groups excluding carboxylic acids is 2. The lowest BCUT2D eigenvalue weighted by molar-refractivity contribution is -0.143. The lowest BCUT2D eigenvalue weighted by Crippen LogP contribution is -2.69. The molecule has 3 fully saturated rings. The van der Waals surface area contributed by atoms with Crippen LogP contribution in [0, 0.1) is 17.8 Å². The van der Waals surface area contributed by atoms with Crippen molar-refractivity contribution in [1.82, 2.24) is 9.80 Å². The number of aliphatic hydroxyl groups excluding tert-OH is 1. The van der Waals surface area contributed by atoms with Gasteiger partial charge in [0.15, 0.2) is 17.3 Å². The van der Waals surface area contributed by atoms with Crippen molar-refractivity contribution in [2.45, 2.75) is 101 Å². The Bertz CT molecular complexity index is 1390. The van der Waals surface area contributed by atoms with E-state index in [0.29, 0.717) is 56.0 Å². The first-order chi connectivity index (χ1) is 21.3. The highest BCUT2D eigenvalue weighted by Crippen LogP contribution is 2.64. The molecule has 0 aromatic heterocycles. The molecule has 2 heterocycles. The number of methoxy groups -OCH3 is 1. The third-order valence-corrected chi connectivity index (χ3v) is 11.4. The molecule has 2 aromatic carbocycles. The van der Waals surface area contributed by atoms with Crippen LogP contribution in [0.5, 0.6) is 11.5 Å². The Morgan fingerprint density at radius 1 is 1.11 bits per heavy atom. The summed E-state index contributed by atoms with van der Waals surface area (Å²) in [5, 5.41) is 10.1. The van der Waals surface area contributed by atoms with Gasteiger partial charge in [-0.3, -0.25) is 14.5 Å². The lowest BCUT2D eigenvalue weighted by Gasteiger charge is -2.60. The fraction of sp³-hybridized carbons (Fsp3) is 0.622.